The Hall–Kier alpha value is -4.74. The lowest BCUT2D eigenvalue weighted by Crippen LogP contribution is -2.21. The lowest BCUT2D eigenvalue weighted by atomic mass is 9.94. The predicted molar refractivity (Wildman–Crippen MR) is 202 cm³/mol. The van der Waals surface area contributed by atoms with E-state index in [9.17, 15) is 13.2 Å². The monoisotopic (exact) mass is 724 g/mol. The number of ether oxygens (including phenoxy) is 2. The molecule has 0 heterocycles. The molecule has 0 saturated heterocycles. The number of anilines is 2. The van der Waals surface area contributed by atoms with Gasteiger partial charge in [0.25, 0.3) is 0 Å². The van der Waals surface area contributed by atoms with Gasteiger partial charge >= 0.3 is 15.6 Å². The Labute approximate surface area is 300 Å². The lowest BCUT2D eigenvalue weighted by molar-refractivity contribution is -0.0510. The molecule has 0 spiro atoms. The van der Waals surface area contributed by atoms with Gasteiger partial charge < -0.3 is 19.3 Å². The summed E-state index contributed by atoms with van der Waals surface area (Å²) in [5.41, 5.74) is 4.10. The number of alkyl halides is 3. The topological polar surface area (TPSA) is 79.3 Å². The maximum atomic E-state index is 10.7. The summed E-state index contributed by atoms with van der Waals surface area (Å²) >= 11 is 0. The highest BCUT2D eigenvalue weighted by atomic mass is 32.2. The molecule has 0 radical (unpaired) electrons. The number of rotatable bonds is 14. The number of hydrogen-bond donors (Lipinski definition) is 1. The minimum absolute atomic E-state index is 0.776. The third kappa shape index (κ3) is 11.4. The molecule has 0 saturated carbocycles. The summed E-state index contributed by atoms with van der Waals surface area (Å²) in [6.07, 6.45) is 5.45. The summed E-state index contributed by atoms with van der Waals surface area (Å²) in [5.74, 6) is 1.71. The van der Waals surface area contributed by atoms with Crippen molar-refractivity contribution in [2.45, 2.75) is 39.6 Å². The summed E-state index contributed by atoms with van der Waals surface area (Å²) in [6.45, 7) is 12.8. The first kappa shape index (κ1) is 40.7. The fraction of sp³-hybridized carbons (Fsp3) is 0.300. The summed E-state index contributed by atoms with van der Waals surface area (Å²) in [7, 11) is -2.43. The van der Waals surface area contributed by atoms with E-state index in [2.05, 4.69) is 122 Å². The molecule has 0 fully saturated rings. The number of hydrogen-bond acceptors (Lipinski definition) is 6. The van der Waals surface area contributed by atoms with Gasteiger partial charge in [0.15, 0.2) is 0 Å². The Bertz CT molecular complexity index is 1700. The van der Waals surface area contributed by atoms with Crippen molar-refractivity contribution in [1.82, 2.24) is 0 Å². The largest absolute Gasteiger partial charge is 0.522 e. The van der Waals surface area contributed by atoms with Crippen molar-refractivity contribution >= 4 is 32.6 Å². The molecule has 4 aromatic rings. The number of methoxy groups -OCH3 is 2. The van der Waals surface area contributed by atoms with E-state index in [1.165, 1.54) is 44.8 Å². The van der Waals surface area contributed by atoms with E-state index < -0.39 is 15.6 Å². The fourth-order valence-corrected chi connectivity index (χ4v) is 5.52. The molecule has 0 aliphatic rings. The van der Waals surface area contributed by atoms with Crippen LogP contribution >= 0.6 is 0 Å². The third-order valence-corrected chi connectivity index (χ3v) is 8.94. The first-order chi connectivity index (χ1) is 24.3. The first-order valence-corrected chi connectivity index (χ1v) is 18.2. The fourth-order valence-electron chi connectivity index (χ4n) is 5.52. The zero-order valence-electron chi connectivity index (χ0n) is 29.9. The van der Waals surface area contributed by atoms with Crippen molar-refractivity contribution < 1.29 is 35.6 Å². The molecule has 0 unspecified atom stereocenters. The van der Waals surface area contributed by atoms with E-state index in [0.29, 0.717) is 0 Å². The van der Waals surface area contributed by atoms with Gasteiger partial charge in [-0.1, -0.05) is 60.7 Å². The van der Waals surface area contributed by atoms with Crippen LogP contribution in [0.25, 0.3) is 11.1 Å². The van der Waals surface area contributed by atoms with Gasteiger partial charge in [-0.15, -0.1) is 0 Å². The van der Waals surface area contributed by atoms with Gasteiger partial charge in [0.1, 0.15) is 11.5 Å². The van der Waals surface area contributed by atoms with E-state index in [1.807, 2.05) is 24.3 Å². The van der Waals surface area contributed by atoms with Crippen LogP contribution in [0.2, 0.25) is 0 Å². The van der Waals surface area contributed by atoms with Crippen LogP contribution < -0.4 is 19.3 Å². The smallest absolute Gasteiger partial charge is 0.497 e. The molecule has 0 aliphatic carbocycles. The molecule has 0 bridgehead atoms. The Kier molecular flexibility index (Phi) is 15.2. The van der Waals surface area contributed by atoms with Crippen LogP contribution in [0.3, 0.4) is 0 Å². The predicted octanol–water partition coefficient (Wildman–Crippen LogP) is 9.74. The Balaban J connectivity index is 0.000000783. The maximum absolute atomic E-state index is 10.7. The number of benzene rings is 4. The lowest BCUT2D eigenvalue weighted by Gasteiger charge is -2.21. The summed E-state index contributed by atoms with van der Waals surface area (Å²) in [6, 6.07) is 34.6. The highest BCUT2D eigenvalue weighted by molar-refractivity contribution is 7.86. The molecule has 1 N–H and O–H groups in total. The molecule has 4 rings (SSSR count). The maximum Gasteiger partial charge on any atom is 0.522 e. The average molecular weight is 725 g/mol. The van der Waals surface area contributed by atoms with Crippen LogP contribution in [0.1, 0.15) is 56.4 Å². The average Bonchev–Trinajstić information content (AvgIpc) is 3.13. The number of nitrogens with zero attached hydrogens (tertiary/aromatic N) is 2. The van der Waals surface area contributed by atoms with Gasteiger partial charge in [-0.25, -0.2) is 0 Å². The van der Waals surface area contributed by atoms with E-state index in [1.54, 1.807) is 14.2 Å². The molecular formula is C40H47F3N2O5S. The molecule has 0 atom stereocenters. The van der Waals surface area contributed by atoms with Crippen LogP contribution in [0.4, 0.5) is 24.5 Å². The van der Waals surface area contributed by atoms with Gasteiger partial charge in [0.2, 0.25) is 0 Å². The van der Waals surface area contributed by atoms with Gasteiger partial charge in [0.05, 0.1) is 14.2 Å². The highest BCUT2D eigenvalue weighted by Gasteiger charge is 2.44. The first-order valence-electron chi connectivity index (χ1n) is 16.7. The zero-order chi connectivity index (χ0) is 37.6. The van der Waals surface area contributed by atoms with Crippen molar-refractivity contribution in [3.8, 4) is 11.5 Å². The highest BCUT2D eigenvalue weighted by Crippen LogP contribution is 2.31. The van der Waals surface area contributed by atoms with Crippen LogP contribution in [-0.4, -0.2) is 58.9 Å². The Morgan fingerprint density at radius 3 is 1.06 bits per heavy atom. The normalized spacial score (nSPS) is 12.1. The second-order valence-corrected chi connectivity index (χ2v) is 12.7. The molecule has 0 amide bonds. The van der Waals surface area contributed by atoms with Gasteiger partial charge in [0, 0.05) is 37.6 Å². The van der Waals surface area contributed by atoms with Crippen LogP contribution in [0.15, 0.2) is 109 Å². The molecule has 274 valence electrons. The second-order valence-electron chi connectivity index (χ2n) is 11.3. The Morgan fingerprint density at radius 1 is 0.588 bits per heavy atom. The van der Waals surface area contributed by atoms with E-state index in [4.69, 9.17) is 22.4 Å². The molecule has 11 heteroatoms. The quantitative estimate of drug-likeness (QED) is 0.103. The van der Waals surface area contributed by atoms with Gasteiger partial charge in [-0.2, -0.15) is 21.6 Å². The van der Waals surface area contributed by atoms with Gasteiger partial charge in [-0.3, -0.25) is 4.55 Å². The van der Waals surface area contributed by atoms with E-state index in [0.717, 1.165) is 44.1 Å². The van der Waals surface area contributed by atoms with E-state index in [-0.39, 0.29) is 0 Å². The number of allylic oxidation sites excluding steroid dienone is 2. The van der Waals surface area contributed by atoms with Crippen LogP contribution in [0, 0.1) is 0 Å². The SMILES string of the molecule is CCN(CC)c1ccc(C(=CCC=C(c2ccc(OC)cc2)c2ccc(N(CC)CC)cc2)c2ccc(OC)cc2)cc1.O=S(=O)(O)C(F)(F)F. The molecule has 7 nitrogen and oxygen atoms in total. The zero-order valence-corrected chi connectivity index (χ0v) is 30.8. The molecule has 4 aromatic carbocycles. The number of halogens is 3. The Morgan fingerprint density at radius 2 is 0.843 bits per heavy atom. The van der Waals surface area contributed by atoms with Crippen LogP contribution in [0.5, 0.6) is 11.5 Å². The van der Waals surface area contributed by atoms with Crippen molar-refractivity contribution in [1.29, 1.82) is 0 Å². The molecular weight excluding hydrogens is 678 g/mol. The second kappa shape index (κ2) is 19.0. The van der Waals surface area contributed by atoms with Crippen LogP contribution in [-0.2, 0) is 10.1 Å². The molecule has 51 heavy (non-hydrogen) atoms. The summed E-state index contributed by atoms with van der Waals surface area (Å²) in [4.78, 5) is 4.74. The molecule has 0 aliphatic heterocycles. The minimum atomic E-state index is -5.84. The van der Waals surface area contributed by atoms with Gasteiger partial charge in [-0.05, 0) is 116 Å². The van der Waals surface area contributed by atoms with E-state index >= 15 is 0 Å². The van der Waals surface area contributed by atoms with Crippen molar-refractivity contribution in [3.05, 3.63) is 131 Å². The summed E-state index contributed by atoms with van der Waals surface area (Å²) < 4.78 is 68.4. The molecule has 0 aromatic heterocycles. The third-order valence-electron chi connectivity index (χ3n) is 8.35. The standard InChI is InChI=1S/C39H46N2O2.CHF3O3S/c1-7-40(8-2)34-22-14-30(15-23-34)38(32-18-26-36(42-5)27-19-32)12-11-13-39(33-20-28-37(43-6)29-21-33)31-16-24-35(25-17-31)41(9-3)10-4;2-1(3,4)8(5,6)7/h12-29H,7-11H2,1-6H3;(H,5,6,7). The minimum Gasteiger partial charge on any atom is -0.497 e. The van der Waals surface area contributed by atoms with Crippen molar-refractivity contribution in [2.75, 3.05) is 50.2 Å². The summed E-state index contributed by atoms with van der Waals surface area (Å²) in [5, 5.41) is 0. The van der Waals surface area contributed by atoms with Crippen molar-refractivity contribution in [3.63, 3.8) is 0 Å². The van der Waals surface area contributed by atoms with Crippen molar-refractivity contribution in [2.24, 2.45) is 0 Å².